The van der Waals surface area contributed by atoms with Gasteiger partial charge in [0.15, 0.2) is 0 Å². The lowest BCUT2D eigenvalue weighted by atomic mass is 10.2. The summed E-state index contributed by atoms with van der Waals surface area (Å²) in [5, 5.41) is 7.78. The van der Waals surface area contributed by atoms with E-state index in [1.54, 1.807) is 18.2 Å². The van der Waals surface area contributed by atoms with Gasteiger partial charge in [-0.2, -0.15) is 0 Å². The third kappa shape index (κ3) is 3.79. The van der Waals surface area contributed by atoms with Crippen LogP contribution in [0.4, 0.5) is 4.39 Å². The summed E-state index contributed by atoms with van der Waals surface area (Å²) in [6.45, 7) is 6.50. The number of rotatable bonds is 5. The predicted molar refractivity (Wildman–Crippen MR) is 86.7 cm³/mol. The van der Waals surface area contributed by atoms with Gasteiger partial charge in [-0.05, 0) is 18.7 Å². The molecule has 6 nitrogen and oxygen atoms in total. The molecule has 0 N–H and O–H groups in total. The molecule has 24 heavy (non-hydrogen) atoms. The Labute approximate surface area is 140 Å². The van der Waals surface area contributed by atoms with Crippen molar-refractivity contribution in [2.75, 3.05) is 32.7 Å². The van der Waals surface area contributed by atoms with E-state index in [0.717, 1.165) is 32.7 Å². The van der Waals surface area contributed by atoms with Crippen molar-refractivity contribution in [2.45, 2.75) is 19.8 Å². The van der Waals surface area contributed by atoms with E-state index in [1.807, 2.05) is 4.90 Å². The van der Waals surface area contributed by atoms with Crippen molar-refractivity contribution in [1.29, 1.82) is 0 Å². The highest BCUT2D eigenvalue weighted by Crippen LogP contribution is 2.21. The maximum Gasteiger partial charge on any atom is 0.250 e. The van der Waals surface area contributed by atoms with E-state index in [2.05, 4.69) is 22.0 Å². The van der Waals surface area contributed by atoms with E-state index in [1.165, 1.54) is 6.07 Å². The molecule has 0 saturated carbocycles. The zero-order valence-electron chi connectivity index (χ0n) is 13.7. The van der Waals surface area contributed by atoms with Gasteiger partial charge in [-0.1, -0.05) is 19.1 Å². The van der Waals surface area contributed by atoms with Crippen molar-refractivity contribution in [1.82, 2.24) is 20.0 Å². The lowest BCUT2D eigenvalue weighted by Gasteiger charge is -2.34. The number of halogens is 1. The van der Waals surface area contributed by atoms with Gasteiger partial charge in [-0.3, -0.25) is 4.79 Å². The second kappa shape index (κ2) is 7.53. The number of carbonyl (C=O) groups excluding carboxylic acids is 1. The molecule has 0 radical (unpaired) electrons. The Morgan fingerprint density at radius 3 is 2.67 bits per heavy atom. The standard InChI is InChI=1S/C17H21FN4O2/c1-2-21-9-11-22(12-10-21)16(23)8-7-15-19-20-17(24-15)13-5-3-4-6-14(13)18/h3-6H,2,7-12H2,1H3. The Morgan fingerprint density at radius 1 is 1.21 bits per heavy atom. The minimum absolute atomic E-state index is 0.0939. The van der Waals surface area contributed by atoms with Crippen LogP contribution in [0.2, 0.25) is 0 Å². The van der Waals surface area contributed by atoms with Gasteiger partial charge < -0.3 is 14.2 Å². The quantitative estimate of drug-likeness (QED) is 0.838. The highest BCUT2D eigenvalue weighted by molar-refractivity contribution is 5.76. The van der Waals surface area contributed by atoms with Crippen LogP contribution in [0, 0.1) is 5.82 Å². The van der Waals surface area contributed by atoms with Crippen LogP contribution in [-0.2, 0) is 11.2 Å². The van der Waals surface area contributed by atoms with E-state index in [9.17, 15) is 9.18 Å². The van der Waals surface area contributed by atoms with Gasteiger partial charge in [0.25, 0.3) is 5.89 Å². The van der Waals surface area contributed by atoms with Gasteiger partial charge in [-0.25, -0.2) is 4.39 Å². The van der Waals surface area contributed by atoms with Crippen molar-refractivity contribution in [2.24, 2.45) is 0 Å². The molecule has 1 aromatic carbocycles. The summed E-state index contributed by atoms with van der Waals surface area (Å²) in [6, 6.07) is 6.25. The summed E-state index contributed by atoms with van der Waals surface area (Å²) in [4.78, 5) is 16.5. The van der Waals surface area contributed by atoms with Crippen LogP contribution in [0.5, 0.6) is 0 Å². The monoisotopic (exact) mass is 332 g/mol. The summed E-state index contributed by atoms with van der Waals surface area (Å²) in [5.74, 6) is 0.190. The normalized spacial score (nSPS) is 15.7. The smallest absolute Gasteiger partial charge is 0.250 e. The van der Waals surface area contributed by atoms with Crippen molar-refractivity contribution in [3.63, 3.8) is 0 Å². The molecular weight excluding hydrogens is 311 g/mol. The van der Waals surface area contributed by atoms with Gasteiger partial charge in [0.05, 0.1) is 5.56 Å². The maximum atomic E-state index is 13.7. The molecule has 2 heterocycles. The molecule has 1 saturated heterocycles. The highest BCUT2D eigenvalue weighted by Gasteiger charge is 2.21. The van der Waals surface area contributed by atoms with Crippen LogP contribution in [0.3, 0.4) is 0 Å². The highest BCUT2D eigenvalue weighted by atomic mass is 19.1. The number of aryl methyl sites for hydroxylation is 1. The van der Waals surface area contributed by atoms with Crippen molar-refractivity contribution in [3.05, 3.63) is 36.0 Å². The van der Waals surface area contributed by atoms with Gasteiger partial charge >= 0.3 is 0 Å². The summed E-state index contributed by atoms with van der Waals surface area (Å²) < 4.78 is 19.2. The fraction of sp³-hybridized carbons (Fsp3) is 0.471. The van der Waals surface area contributed by atoms with Crippen LogP contribution in [-0.4, -0.2) is 58.6 Å². The maximum absolute atomic E-state index is 13.7. The van der Waals surface area contributed by atoms with E-state index in [4.69, 9.17) is 4.42 Å². The lowest BCUT2D eigenvalue weighted by Crippen LogP contribution is -2.48. The summed E-state index contributed by atoms with van der Waals surface area (Å²) in [5.41, 5.74) is 0.276. The molecular formula is C17H21FN4O2. The van der Waals surface area contributed by atoms with Crippen LogP contribution in [0.25, 0.3) is 11.5 Å². The lowest BCUT2D eigenvalue weighted by molar-refractivity contribution is -0.132. The minimum atomic E-state index is -0.405. The second-order valence-electron chi connectivity index (χ2n) is 5.80. The number of nitrogens with zero attached hydrogens (tertiary/aromatic N) is 4. The molecule has 1 aromatic heterocycles. The number of benzene rings is 1. The topological polar surface area (TPSA) is 62.5 Å². The van der Waals surface area contributed by atoms with Gasteiger partial charge in [-0.15, -0.1) is 10.2 Å². The zero-order valence-corrected chi connectivity index (χ0v) is 13.7. The van der Waals surface area contributed by atoms with E-state index in [0.29, 0.717) is 18.7 Å². The van der Waals surface area contributed by atoms with Crippen LogP contribution < -0.4 is 0 Å². The fourth-order valence-corrected chi connectivity index (χ4v) is 2.78. The van der Waals surface area contributed by atoms with E-state index < -0.39 is 5.82 Å². The molecule has 7 heteroatoms. The predicted octanol–water partition coefficient (Wildman–Crippen LogP) is 1.97. The molecule has 0 aliphatic carbocycles. The SMILES string of the molecule is CCN1CCN(C(=O)CCc2nnc(-c3ccccc3F)o2)CC1. The average molecular weight is 332 g/mol. The first kappa shape index (κ1) is 16.6. The molecule has 1 fully saturated rings. The summed E-state index contributed by atoms with van der Waals surface area (Å²) >= 11 is 0. The Hall–Kier alpha value is -2.28. The number of carbonyl (C=O) groups is 1. The molecule has 128 valence electrons. The van der Waals surface area contributed by atoms with Crippen molar-refractivity contribution < 1.29 is 13.6 Å². The molecule has 1 aliphatic rings. The molecule has 1 amide bonds. The largest absolute Gasteiger partial charge is 0.421 e. The Morgan fingerprint density at radius 2 is 1.96 bits per heavy atom. The van der Waals surface area contributed by atoms with Crippen LogP contribution in [0.15, 0.2) is 28.7 Å². The first-order valence-electron chi connectivity index (χ1n) is 8.24. The summed E-state index contributed by atoms with van der Waals surface area (Å²) in [7, 11) is 0. The van der Waals surface area contributed by atoms with Crippen LogP contribution >= 0.6 is 0 Å². The fourth-order valence-electron chi connectivity index (χ4n) is 2.78. The average Bonchev–Trinajstić information content (AvgIpc) is 3.09. The van der Waals surface area contributed by atoms with Crippen LogP contribution in [0.1, 0.15) is 19.2 Å². The van der Waals surface area contributed by atoms with E-state index >= 15 is 0 Å². The molecule has 2 aromatic rings. The third-order valence-corrected chi connectivity index (χ3v) is 4.30. The van der Waals surface area contributed by atoms with E-state index in [-0.39, 0.29) is 17.4 Å². The third-order valence-electron chi connectivity index (χ3n) is 4.30. The molecule has 1 aliphatic heterocycles. The molecule has 3 rings (SSSR count). The minimum Gasteiger partial charge on any atom is -0.421 e. The zero-order chi connectivity index (χ0) is 16.9. The number of piperazine rings is 1. The number of hydrogen-bond acceptors (Lipinski definition) is 5. The number of hydrogen-bond donors (Lipinski definition) is 0. The first-order valence-corrected chi connectivity index (χ1v) is 8.24. The number of likely N-dealkylation sites (N-methyl/N-ethyl adjacent to an activating group) is 1. The Bertz CT molecular complexity index is 695. The molecule has 0 spiro atoms. The van der Waals surface area contributed by atoms with Gasteiger partial charge in [0.2, 0.25) is 11.8 Å². The second-order valence-corrected chi connectivity index (χ2v) is 5.80. The molecule has 0 atom stereocenters. The number of aromatic nitrogens is 2. The van der Waals surface area contributed by atoms with Crippen molar-refractivity contribution in [3.8, 4) is 11.5 Å². The molecule has 0 unspecified atom stereocenters. The Kier molecular flexibility index (Phi) is 5.20. The first-order chi connectivity index (χ1) is 11.7. The summed E-state index contributed by atoms with van der Waals surface area (Å²) in [6.07, 6.45) is 0.694. The number of amides is 1. The molecule has 0 bridgehead atoms. The van der Waals surface area contributed by atoms with Crippen molar-refractivity contribution >= 4 is 5.91 Å². The van der Waals surface area contributed by atoms with Gasteiger partial charge in [0, 0.05) is 39.0 Å². The Balaban J connectivity index is 1.54. The van der Waals surface area contributed by atoms with Gasteiger partial charge in [0.1, 0.15) is 5.82 Å².